The van der Waals surface area contributed by atoms with Gasteiger partial charge >= 0.3 is 6.18 Å². The number of amides is 1. The second-order valence-corrected chi connectivity index (χ2v) is 11.4. The third-order valence-corrected chi connectivity index (χ3v) is 8.90. The van der Waals surface area contributed by atoms with Gasteiger partial charge in [0.1, 0.15) is 11.7 Å². The van der Waals surface area contributed by atoms with E-state index in [1.165, 1.54) is 29.2 Å². The number of fused-ring (bicyclic) bond motifs is 3. The van der Waals surface area contributed by atoms with Gasteiger partial charge < -0.3 is 26.0 Å². The summed E-state index contributed by atoms with van der Waals surface area (Å²) in [4.78, 5) is 54.6. The summed E-state index contributed by atoms with van der Waals surface area (Å²) in [5, 5.41) is 33.2. The second-order valence-electron chi connectivity index (χ2n) is 11.4. The van der Waals surface area contributed by atoms with E-state index in [4.69, 9.17) is 5.73 Å². The van der Waals surface area contributed by atoms with Gasteiger partial charge in [0.05, 0.1) is 23.1 Å². The first-order chi connectivity index (χ1) is 19.6. The molecule has 5 rings (SSSR count). The number of ketones is 3. The van der Waals surface area contributed by atoms with Gasteiger partial charge in [0, 0.05) is 12.0 Å². The van der Waals surface area contributed by atoms with E-state index in [0.717, 1.165) is 12.1 Å². The van der Waals surface area contributed by atoms with Gasteiger partial charge in [-0.15, -0.1) is 0 Å². The molecule has 3 aliphatic carbocycles. The Labute approximate surface area is 238 Å². The number of nitrogens with zero attached hydrogens (tertiary/aromatic N) is 1. The van der Waals surface area contributed by atoms with E-state index in [0.29, 0.717) is 16.7 Å². The van der Waals surface area contributed by atoms with Crippen molar-refractivity contribution in [3.63, 3.8) is 0 Å². The quantitative estimate of drug-likeness (QED) is 0.312. The second kappa shape index (κ2) is 10.1. The Balaban J connectivity index is 1.55. The Bertz CT molecular complexity index is 1520. The fraction of sp³-hybridized carbons (Fsp3) is 0.400. The maximum absolute atomic E-state index is 13.9. The molecule has 42 heavy (non-hydrogen) atoms. The SMILES string of the molecule is CN(C)[C@H]1C(O)C(C(N)=O)C(=O)[C@]2(O)C(=O)C3C(=O)c4c(O)ccc(/C=C/c5ccc(C(F)(F)F)cc5)c4C[C@@H]3C[C@H]12. The molecule has 0 bridgehead atoms. The molecule has 0 saturated heterocycles. The van der Waals surface area contributed by atoms with Crippen molar-refractivity contribution in [2.45, 2.75) is 36.8 Å². The van der Waals surface area contributed by atoms with E-state index in [-0.39, 0.29) is 18.4 Å². The number of primary amides is 1. The molecule has 12 heteroatoms. The lowest BCUT2D eigenvalue weighted by Gasteiger charge is -2.54. The molecule has 7 atom stereocenters. The van der Waals surface area contributed by atoms with E-state index >= 15 is 0 Å². The van der Waals surface area contributed by atoms with Crippen LogP contribution in [0.15, 0.2) is 36.4 Å². The number of hydrogen-bond acceptors (Lipinski definition) is 8. The monoisotopic (exact) mass is 586 g/mol. The van der Waals surface area contributed by atoms with Crippen molar-refractivity contribution in [3.05, 3.63) is 64.2 Å². The third-order valence-electron chi connectivity index (χ3n) is 8.90. The number of benzene rings is 2. The molecule has 2 fully saturated rings. The van der Waals surface area contributed by atoms with E-state index in [9.17, 15) is 47.7 Å². The van der Waals surface area contributed by atoms with Crippen LogP contribution in [0.4, 0.5) is 13.2 Å². The molecule has 5 N–H and O–H groups in total. The molecule has 0 radical (unpaired) electrons. The van der Waals surface area contributed by atoms with Crippen molar-refractivity contribution < 1.29 is 47.7 Å². The van der Waals surface area contributed by atoms with Gasteiger partial charge in [-0.2, -0.15) is 13.2 Å². The summed E-state index contributed by atoms with van der Waals surface area (Å²) in [5.41, 5.74) is 3.01. The largest absolute Gasteiger partial charge is 0.507 e. The lowest BCUT2D eigenvalue weighted by molar-refractivity contribution is -0.190. The van der Waals surface area contributed by atoms with Gasteiger partial charge in [-0.05, 0) is 67.7 Å². The van der Waals surface area contributed by atoms with Crippen LogP contribution < -0.4 is 5.73 Å². The van der Waals surface area contributed by atoms with Crippen LogP contribution in [0.2, 0.25) is 0 Å². The minimum Gasteiger partial charge on any atom is -0.507 e. The van der Waals surface area contributed by atoms with Crippen molar-refractivity contribution >= 4 is 35.4 Å². The number of rotatable bonds is 4. The molecule has 3 aliphatic rings. The summed E-state index contributed by atoms with van der Waals surface area (Å²) in [7, 11) is 3.12. The van der Waals surface area contributed by atoms with Gasteiger partial charge in [0.15, 0.2) is 23.0 Å². The number of likely N-dealkylation sites (N-methyl/N-ethyl adjacent to an activating group) is 1. The molecule has 0 spiro atoms. The van der Waals surface area contributed by atoms with Gasteiger partial charge in [0.2, 0.25) is 5.91 Å². The lowest BCUT2D eigenvalue weighted by Crippen LogP contribution is -2.75. The van der Waals surface area contributed by atoms with Gasteiger partial charge in [-0.1, -0.05) is 30.4 Å². The molecule has 2 aromatic rings. The smallest absolute Gasteiger partial charge is 0.416 e. The van der Waals surface area contributed by atoms with Crippen LogP contribution in [0.25, 0.3) is 12.2 Å². The number of aliphatic hydroxyl groups excluding tert-OH is 1. The zero-order valence-corrected chi connectivity index (χ0v) is 22.6. The summed E-state index contributed by atoms with van der Waals surface area (Å²) in [5.74, 6) is -9.97. The fourth-order valence-electron chi connectivity index (χ4n) is 6.97. The van der Waals surface area contributed by atoms with Crippen LogP contribution >= 0.6 is 0 Å². The van der Waals surface area contributed by atoms with Crippen molar-refractivity contribution in [3.8, 4) is 5.75 Å². The Kier molecular flexibility index (Phi) is 7.15. The van der Waals surface area contributed by atoms with Crippen molar-refractivity contribution in [1.29, 1.82) is 0 Å². The summed E-state index contributed by atoms with van der Waals surface area (Å²) in [6.45, 7) is 0. The summed E-state index contributed by atoms with van der Waals surface area (Å²) < 4.78 is 38.8. The Morgan fingerprint density at radius 2 is 1.69 bits per heavy atom. The minimum atomic E-state index is -4.48. The number of aliphatic hydroxyl groups is 2. The Morgan fingerprint density at radius 1 is 1.05 bits per heavy atom. The molecule has 9 nitrogen and oxygen atoms in total. The number of nitrogens with two attached hydrogens (primary N) is 1. The highest BCUT2D eigenvalue weighted by molar-refractivity contribution is 6.25. The number of phenols is 1. The number of Topliss-reactive ketones (excluding diaryl/α,β-unsaturated/α-hetero) is 3. The molecular weight excluding hydrogens is 557 g/mol. The minimum absolute atomic E-state index is 0.0348. The predicted molar refractivity (Wildman–Crippen MR) is 143 cm³/mol. The number of carbonyl (C=O) groups is 4. The van der Waals surface area contributed by atoms with Crippen LogP contribution in [0, 0.1) is 23.7 Å². The number of halogens is 3. The molecular formula is C30H29F3N2O7. The van der Waals surface area contributed by atoms with E-state index in [1.807, 2.05) is 0 Å². The van der Waals surface area contributed by atoms with E-state index < -0.39 is 82.2 Å². The maximum atomic E-state index is 13.9. The fourth-order valence-corrected chi connectivity index (χ4v) is 6.97. The van der Waals surface area contributed by atoms with Crippen LogP contribution in [-0.4, -0.2) is 75.3 Å². The summed E-state index contributed by atoms with van der Waals surface area (Å²) in [6.07, 6.45) is -2.89. The molecule has 3 unspecified atom stereocenters. The molecule has 222 valence electrons. The highest BCUT2D eigenvalue weighted by Crippen LogP contribution is 2.51. The average molecular weight is 587 g/mol. The summed E-state index contributed by atoms with van der Waals surface area (Å²) >= 11 is 0. The van der Waals surface area contributed by atoms with Crippen LogP contribution in [-0.2, 0) is 27.0 Å². The lowest BCUT2D eigenvalue weighted by atomic mass is 9.52. The Morgan fingerprint density at radius 3 is 2.26 bits per heavy atom. The van der Waals surface area contributed by atoms with Gasteiger partial charge in [-0.3, -0.25) is 19.2 Å². The van der Waals surface area contributed by atoms with Crippen LogP contribution in [0.5, 0.6) is 5.75 Å². The predicted octanol–water partition coefficient (Wildman–Crippen LogP) is 1.85. The van der Waals surface area contributed by atoms with Crippen molar-refractivity contribution in [1.82, 2.24) is 4.90 Å². The maximum Gasteiger partial charge on any atom is 0.416 e. The molecule has 0 aromatic heterocycles. The van der Waals surface area contributed by atoms with Crippen molar-refractivity contribution in [2.75, 3.05) is 14.1 Å². The number of carbonyl (C=O) groups excluding carboxylic acids is 4. The van der Waals surface area contributed by atoms with E-state index in [1.54, 1.807) is 26.2 Å². The van der Waals surface area contributed by atoms with Crippen molar-refractivity contribution in [2.24, 2.45) is 29.4 Å². The van der Waals surface area contributed by atoms with E-state index in [2.05, 4.69) is 0 Å². The third kappa shape index (κ3) is 4.45. The molecule has 1 amide bonds. The highest BCUT2D eigenvalue weighted by Gasteiger charge is 2.69. The van der Waals surface area contributed by atoms with Gasteiger partial charge in [-0.25, -0.2) is 0 Å². The first kappa shape index (κ1) is 29.6. The zero-order valence-electron chi connectivity index (χ0n) is 22.6. The number of aromatic hydroxyl groups is 1. The first-order valence-electron chi connectivity index (χ1n) is 13.3. The number of hydrogen-bond donors (Lipinski definition) is 4. The van der Waals surface area contributed by atoms with Crippen LogP contribution in [0.1, 0.15) is 39.0 Å². The average Bonchev–Trinajstić information content (AvgIpc) is 2.89. The first-order valence-corrected chi connectivity index (χ1v) is 13.3. The molecule has 0 heterocycles. The van der Waals surface area contributed by atoms with Crippen LogP contribution in [0.3, 0.4) is 0 Å². The summed E-state index contributed by atoms with van der Waals surface area (Å²) in [6, 6.07) is 6.24. The Hall–Kier alpha value is -3.87. The number of alkyl halides is 3. The van der Waals surface area contributed by atoms with Gasteiger partial charge in [0.25, 0.3) is 0 Å². The molecule has 2 saturated carbocycles. The standard InChI is InChI=1S/C30H29F3N2O7/c1-35(2)23-18-12-15-11-17-14(6-3-13-4-8-16(9-5-13)30(31,32)33)7-10-19(36)21(17)24(37)20(15)26(39)29(18,42)27(40)22(25(23)38)28(34)41/h3-10,15,18,20,22-23,25,36,38,42H,11-12H2,1-2H3,(H2,34,41)/b6-3+/t15-,18-,20?,22?,23-,25?,29-/m1/s1. The molecule has 0 aliphatic heterocycles. The normalized spacial score (nSPS) is 31.2. The topological polar surface area (TPSA) is 158 Å². The molecule has 2 aromatic carbocycles. The highest BCUT2D eigenvalue weighted by atomic mass is 19.4. The zero-order chi connectivity index (χ0) is 30.9. The number of phenolic OH excluding ortho intramolecular Hbond substituents is 1.